The van der Waals surface area contributed by atoms with Gasteiger partial charge in [-0.2, -0.15) is 0 Å². The van der Waals surface area contributed by atoms with Crippen LogP contribution in [-0.2, 0) is 17.6 Å². The third-order valence-electron chi connectivity index (χ3n) is 4.40. The van der Waals surface area contributed by atoms with E-state index in [0.717, 1.165) is 33.5 Å². The van der Waals surface area contributed by atoms with Gasteiger partial charge in [0.15, 0.2) is 5.50 Å². The van der Waals surface area contributed by atoms with E-state index in [4.69, 9.17) is 4.74 Å². The lowest BCUT2D eigenvalue weighted by atomic mass is 10.1. The Morgan fingerprint density at radius 2 is 2.07 bits per heavy atom. The Morgan fingerprint density at radius 3 is 2.71 bits per heavy atom. The molecule has 28 heavy (non-hydrogen) atoms. The highest BCUT2D eigenvalue weighted by Gasteiger charge is 2.27. The first-order valence-corrected chi connectivity index (χ1v) is 10.7. The molecular formula is C22H23BrN2O2S. The fraction of sp³-hybridized carbons (Fsp3) is 0.227. The van der Waals surface area contributed by atoms with Crippen LogP contribution in [0.5, 0.6) is 5.75 Å². The van der Waals surface area contributed by atoms with Crippen LogP contribution in [0.25, 0.3) is 6.08 Å². The van der Waals surface area contributed by atoms with Gasteiger partial charge in [0.25, 0.3) is 5.91 Å². The molecule has 0 spiro atoms. The molecule has 3 rings (SSSR count). The number of halogens is 1. The molecule has 0 unspecified atom stereocenters. The second-order valence-electron chi connectivity index (χ2n) is 6.36. The molecule has 1 amide bonds. The molecule has 1 aliphatic heterocycles. The van der Waals surface area contributed by atoms with Gasteiger partial charge in [0.05, 0.1) is 16.5 Å². The van der Waals surface area contributed by atoms with Crippen LogP contribution in [0.15, 0.2) is 58.4 Å². The van der Waals surface area contributed by atoms with Crippen LogP contribution in [0.1, 0.15) is 23.6 Å². The molecule has 1 saturated heterocycles. The number of carbonyl (C=O) groups excluding carboxylic acids is 1. The quantitative estimate of drug-likeness (QED) is 0.433. The van der Waals surface area contributed by atoms with Gasteiger partial charge in [-0.1, -0.05) is 36.9 Å². The van der Waals surface area contributed by atoms with E-state index < -0.39 is 0 Å². The molecule has 0 aliphatic carbocycles. The Balaban J connectivity index is 1.77. The van der Waals surface area contributed by atoms with E-state index in [1.165, 1.54) is 17.3 Å². The van der Waals surface area contributed by atoms with Gasteiger partial charge in [0.1, 0.15) is 5.75 Å². The van der Waals surface area contributed by atoms with Crippen LogP contribution in [-0.4, -0.2) is 18.5 Å². The predicted molar refractivity (Wildman–Crippen MR) is 122 cm³/mol. The van der Waals surface area contributed by atoms with Crippen molar-refractivity contribution in [2.24, 2.45) is 0 Å². The first-order valence-electron chi connectivity index (χ1n) is 9.06. The molecule has 0 aromatic heterocycles. The molecule has 146 valence electrons. The number of methoxy groups -OCH3 is 1. The second kappa shape index (κ2) is 9.34. The minimum Gasteiger partial charge on any atom is -0.495 e. The van der Waals surface area contributed by atoms with Gasteiger partial charge in [0.2, 0.25) is 0 Å². The van der Waals surface area contributed by atoms with Crippen molar-refractivity contribution >= 4 is 45.4 Å². The maximum Gasteiger partial charge on any atom is 0.260 e. The highest BCUT2D eigenvalue weighted by molar-refractivity contribution is 9.10. The molecule has 6 heteroatoms. The van der Waals surface area contributed by atoms with Crippen molar-refractivity contribution in [2.75, 3.05) is 12.4 Å². The topological polar surface area (TPSA) is 50.4 Å². The Kier molecular flexibility index (Phi) is 6.86. The summed E-state index contributed by atoms with van der Waals surface area (Å²) in [5.74, 6) is 0.713. The number of hydrogen-bond acceptors (Lipinski definition) is 4. The van der Waals surface area contributed by atoms with Crippen LogP contribution in [0, 0.1) is 0 Å². The molecule has 4 nitrogen and oxygen atoms in total. The number of ether oxygens (including phenoxy) is 1. The molecule has 0 bridgehead atoms. The average molecular weight is 459 g/mol. The van der Waals surface area contributed by atoms with Gasteiger partial charge in [0, 0.05) is 5.69 Å². The molecular weight excluding hydrogens is 436 g/mol. The number of anilines is 1. The molecule has 1 heterocycles. The number of carbonyl (C=O) groups is 1. The highest BCUT2D eigenvalue weighted by Crippen LogP contribution is 2.35. The number of aryl methyl sites for hydroxylation is 1. The number of amides is 1. The SMILES string of the molecule is C=CCc1cc(/C=C2\S[C@@H](Nc3ccc(CC)cc3)NC2=O)cc(Br)c1OC. The summed E-state index contributed by atoms with van der Waals surface area (Å²) in [6.45, 7) is 5.93. The normalized spacial score (nSPS) is 17.5. The third-order valence-corrected chi connectivity index (χ3v) is 6.02. The maximum absolute atomic E-state index is 12.4. The third kappa shape index (κ3) is 4.80. The van der Waals surface area contributed by atoms with Gasteiger partial charge < -0.3 is 15.4 Å². The Hall–Kier alpha value is -2.18. The van der Waals surface area contributed by atoms with Crippen LogP contribution < -0.4 is 15.4 Å². The lowest BCUT2D eigenvalue weighted by Crippen LogP contribution is -2.30. The summed E-state index contributed by atoms with van der Waals surface area (Å²) in [7, 11) is 1.65. The standard InChI is InChI=1S/C22H23BrN2O2S/c1-4-6-16-11-15(12-18(23)20(16)27-3)13-19-21(26)25-22(28-19)24-17-9-7-14(5-2)8-10-17/h4,7-13,22,24H,1,5-6H2,2-3H3,(H,25,26)/b19-13-/t22-/m0/s1. The van der Waals surface area contributed by atoms with Crippen molar-refractivity contribution in [3.63, 3.8) is 0 Å². The molecule has 1 fully saturated rings. The Morgan fingerprint density at radius 1 is 1.32 bits per heavy atom. The molecule has 2 aromatic rings. The summed E-state index contributed by atoms with van der Waals surface area (Å²) in [6.07, 6.45) is 5.43. The summed E-state index contributed by atoms with van der Waals surface area (Å²) in [5, 5.41) is 6.32. The number of allylic oxidation sites excluding steroid dienone is 1. The van der Waals surface area contributed by atoms with Crippen molar-refractivity contribution in [3.05, 3.63) is 75.1 Å². The zero-order valence-electron chi connectivity index (χ0n) is 15.9. The molecule has 1 aliphatic rings. The molecule has 0 radical (unpaired) electrons. The fourth-order valence-corrected chi connectivity index (χ4v) is 4.66. The fourth-order valence-electron chi connectivity index (χ4n) is 3.00. The number of benzene rings is 2. The van der Waals surface area contributed by atoms with E-state index in [1.54, 1.807) is 7.11 Å². The van der Waals surface area contributed by atoms with Crippen LogP contribution in [0.2, 0.25) is 0 Å². The van der Waals surface area contributed by atoms with Crippen molar-refractivity contribution in [1.29, 1.82) is 0 Å². The highest BCUT2D eigenvalue weighted by atomic mass is 79.9. The average Bonchev–Trinajstić information content (AvgIpc) is 3.01. The van der Waals surface area contributed by atoms with E-state index in [0.29, 0.717) is 11.3 Å². The van der Waals surface area contributed by atoms with Crippen molar-refractivity contribution in [3.8, 4) is 5.75 Å². The smallest absolute Gasteiger partial charge is 0.260 e. The molecule has 2 aromatic carbocycles. The first kappa shape index (κ1) is 20.6. The van der Waals surface area contributed by atoms with Gasteiger partial charge in [-0.25, -0.2) is 0 Å². The van der Waals surface area contributed by atoms with Crippen molar-refractivity contribution in [1.82, 2.24) is 5.32 Å². The van der Waals surface area contributed by atoms with E-state index in [-0.39, 0.29) is 11.4 Å². The predicted octanol–water partition coefficient (Wildman–Crippen LogP) is 5.35. The zero-order chi connectivity index (χ0) is 20.1. The van der Waals surface area contributed by atoms with E-state index >= 15 is 0 Å². The maximum atomic E-state index is 12.4. The Bertz CT molecular complexity index is 909. The van der Waals surface area contributed by atoms with E-state index in [2.05, 4.69) is 52.2 Å². The minimum atomic E-state index is -0.194. The largest absolute Gasteiger partial charge is 0.495 e. The van der Waals surface area contributed by atoms with Gasteiger partial charge in [-0.3, -0.25) is 4.79 Å². The van der Waals surface area contributed by atoms with Crippen molar-refractivity contribution < 1.29 is 9.53 Å². The molecule has 0 saturated carbocycles. The molecule has 2 N–H and O–H groups in total. The van der Waals surface area contributed by atoms with E-state index in [1.807, 2.05) is 36.4 Å². The zero-order valence-corrected chi connectivity index (χ0v) is 18.3. The summed E-state index contributed by atoms with van der Waals surface area (Å²) in [6, 6.07) is 12.2. The van der Waals surface area contributed by atoms with Crippen LogP contribution in [0.3, 0.4) is 0 Å². The lowest BCUT2D eigenvalue weighted by molar-refractivity contribution is -0.116. The van der Waals surface area contributed by atoms with Gasteiger partial charge in [-0.05, 0) is 75.8 Å². The summed E-state index contributed by atoms with van der Waals surface area (Å²) >= 11 is 5.03. The summed E-state index contributed by atoms with van der Waals surface area (Å²) in [5.41, 5.74) is 4.04. The summed E-state index contributed by atoms with van der Waals surface area (Å²) < 4.78 is 6.32. The number of nitrogens with one attached hydrogen (secondary N) is 2. The summed E-state index contributed by atoms with van der Waals surface area (Å²) in [4.78, 5) is 13.1. The first-order chi connectivity index (χ1) is 13.5. The monoisotopic (exact) mass is 458 g/mol. The lowest BCUT2D eigenvalue weighted by Gasteiger charge is -2.13. The molecule has 1 atom stereocenters. The number of thioether (sulfide) groups is 1. The minimum absolute atomic E-state index is 0.0788. The van der Waals surface area contributed by atoms with Crippen molar-refractivity contribution in [2.45, 2.75) is 25.3 Å². The van der Waals surface area contributed by atoms with Gasteiger partial charge in [-0.15, -0.1) is 6.58 Å². The van der Waals surface area contributed by atoms with E-state index in [9.17, 15) is 4.79 Å². The van der Waals surface area contributed by atoms with Crippen LogP contribution >= 0.6 is 27.7 Å². The van der Waals surface area contributed by atoms with Crippen LogP contribution in [0.4, 0.5) is 5.69 Å². The number of rotatable bonds is 7. The number of hydrogen-bond donors (Lipinski definition) is 2. The Labute approximate surface area is 178 Å². The van der Waals surface area contributed by atoms with Gasteiger partial charge >= 0.3 is 0 Å². The second-order valence-corrected chi connectivity index (χ2v) is 8.36.